The van der Waals surface area contributed by atoms with Crippen LogP contribution in [-0.4, -0.2) is 12.0 Å². The predicted octanol–water partition coefficient (Wildman–Crippen LogP) is 3.27. The van der Waals surface area contributed by atoms with Crippen LogP contribution in [0.1, 0.15) is 0 Å². The molecule has 0 aliphatic rings. The molecule has 0 unspecified atom stereocenters. The average molecular weight is 287 g/mol. The molecule has 0 atom stereocenters. The van der Waals surface area contributed by atoms with E-state index in [0.29, 0.717) is 10.7 Å². The van der Waals surface area contributed by atoms with Crippen molar-refractivity contribution >= 4 is 49.8 Å². The van der Waals surface area contributed by atoms with E-state index in [9.17, 15) is 0 Å². The van der Waals surface area contributed by atoms with Gasteiger partial charge in [-0.1, -0.05) is 27.5 Å². The second-order valence-electron chi connectivity index (χ2n) is 3.09. The van der Waals surface area contributed by atoms with E-state index >= 15 is 0 Å². The van der Waals surface area contributed by atoms with Crippen LogP contribution >= 0.6 is 27.5 Å². The van der Waals surface area contributed by atoms with Gasteiger partial charge in [-0.3, -0.25) is 4.98 Å². The molecule has 1 aromatic carbocycles. The number of nitrogens with two attached hydrogens (primary N) is 1. The molecule has 1 heterocycles. The average Bonchev–Trinajstić information content (AvgIpc) is 2.23. The lowest BCUT2D eigenvalue weighted by molar-refractivity contribution is 1.39. The number of pyridine rings is 1. The first-order valence-electron chi connectivity index (χ1n) is 4.35. The van der Waals surface area contributed by atoms with Crippen molar-refractivity contribution in [3.63, 3.8) is 0 Å². The van der Waals surface area contributed by atoms with E-state index in [1.165, 1.54) is 0 Å². The van der Waals surface area contributed by atoms with E-state index in [-0.39, 0.29) is 0 Å². The van der Waals surface area contributed by atoms with Gasteiger partial charge in [0.1, 0.15) is 0 Å². The highest BCUT2D eigenvalue weighted by Gasteiger charge is 2.10. The fraction of sp³-hybridized carbons (Fsp3) is 0.100. The summed E-state index contributed by atoms with van der Waals surface area (Å²) in [7, 11) is 1.82. The van der Waals surface area contributed by atoms with Gasteiger partial charge in [0.05, 0.1) is 28.1 Å². The fourth-order valence-electron chi connectivity index (χ4n) is 1.52. The van der Waals surface area contributed by atoms with Crippen molar-refractivity contribution in [1.82, 2.24) is 4.98 Å². The molecule has 2 rings (SSSR count). The summed E-state index contributed by atoms with van der Waals surface area (Å²) in [6.07, 6.45) is 1.60. The maximum atomic E-state index is 6.06. The SMILES string of the molecule is CNc1c(N)cnc2c(Cl)ccc(Br)c12. The molecule has 5 heteroatoms. The summed E-state index contributed by atoms with van der Waals surface area (Å²) in [6, 6.07) is 3.68. The Morgan fingerprint density at radius 2 is 2.20 bits per heavy atom. The summed E-state index contributed by atoms with van der Waals surface area (Å²) in [6.45, 7) is 0. The van der Waals surface area contributed by atoms with Crippen LogP contribution in [0.2, 0.25) is 5.02 Å². The first-order valence-corrected chi connectivity index (χ1v) is 5.52. The highest BCUT2D eigenvalue weighted by atomic mass is 79.9. The number of rotatable bonds is 1. The Labute approximate surface area is 101 Å². The van der Waals surface area contributed by atoms with Crippen LogP contribution < -0.4 is 11.1 Å². The maximum absolute atomic E-state index is 6.06. The molecule has 0 amide bonds. The van der Waals surface area contributed by atoms with E-state index in [2.05, 4.69) is 26.2 Å². The molecular formula is C10H9BrClN3. The summed E-state index contributed by atoms with van der Waals surface area (Å²) < 4.78 is 0.922. The van der Waals surface area contributed by atoms with Crippen LogP contribution in [0.4, 0.5) is 11.4 Å². The first-order chi connectivity index (χ1) is 7.15. The molecule has 0 fully saturated rings. The van der Waals surface area contributed by atoms with Crippen LogP contribution in [0.15, 0.2) is 22.8 Å². The zero-order chi connectivity index (χ0) is 11.0. The van der Waals surface area contributed by atoms with E-state index in [1.54, 1.807) is 12.3 Å². The molecule has 15 heavy (non-hydrogen) atoms. The zero-order valence-corrected chi connectivity index (χ0v) is 10.4. The first kappa shape index (κ1) is 10.5. The van der Waals surface area contributed by atoms with Gasteiger partial charge in [-0.05, 0) is 12.1 Å². The van der Waals surface area contributed by atoms with Crippen LogP contribution in [0.5, 0.6) is 0 Å². The monoisotopic (exact) mass is 285 g/mol. The third-order valence-corrected chi connectivity index (χ3v) is 3.17. The Bertz CT molecular complexity index is 528. The van der Waals surface area contributed by atoms with Crippen molar-refractivity contribution in [2.24, 2.45) is 0 Å². The number of aromatic nitrogens is 1. The second kappa shape index (κ2) is 3.87. The molecule has 0 aliphatic carbocycles. The lowest BCUT2D eigenvalue weighted by atomic mass is 10.1. The van der Waals surface area contributed by atoms with Crippen molar-refractivity contribution in [1.29, 1.82) is 0 Å². The lowest BCUT2D eigenvalue weighted by Crippen LogP contribution is -1.98. The van der Waals surface area contributed by atoms with Gasteiger partial charge in [0.2, 0.25) is 0 Å². The van der Waals surface area contributed by atoms with E-state index in [0.717, 1.165) is 21.1 Å². The number of benzene rings is 1. The Morgan fingerprint density at radius 1 is 1.47 bits per heavy atom. The minimum atomic E-state index is 0.605. The van der Waals surface area contributed by atoms with Gasteiger partial charge in [-0.25, -0.2) is 0 Å². The van der Waals surface area contributed by atoms with Crippen molar-refractivity contribution in [3.8, 4) is 0 Å². The quantitative estimate of drug-likeness (QED) is 0.846. The molecule has 0 radical (unpaired) electrons. The number of anilines is 2. The van der Waals surface area contributed by atoms with Crippen LogP contribution in [0.3, 0.4) is 0 Å². The molecule has 0 saturated heterocycles. The number of nitrogens with one attached hydrogen (secondary N) is 1. The van der Waals surface area contributed by atoms with Gasteiger partial charge >= 0.3 is 0 Å². The molecule has 1 aromatic heterocycles. The number of fused-ring (bicyclic) bond motifs is 1. The van der Waals surface area contributed by atoms with Gasteiger partial charge in [-0.2, -0.15) is 0 Å². The summed E-state index contributed by atoms with van der Waals surface area (Å²) in [5.74, 6) is 0. The topological polar surface area (TPSA) is 50.9 Å². The Kier molecular flexibility index (Phi) is 2.71. The van der Waals surface area contributed by atoms with Gasteiger partial charge in [0.25, 0.3) is 0 Å². The predicted molar refractivity (Wildman–Crippen MR) is 68.4 cm³/mol. The van der Waals surface area contributed by atoms with Gasteiger partial charge in [-0.15, -0.1) is 0 Å². The Morgan fingerprint density at radius 3 is 2.87 bits per heavy atom. The standard InChI is InChI=1S/C10H9BrClN3/c1-14-10-7(13)4-15-9-6(12)3-2-5(11)8(9)10/h2-4H,13H2,1H3,(H,14,15). The van der Waals surface area contributed by atoms with Crippen LogP contribution in [0.25, 0.3) is 10.9 Å². The molecule has 0 saturated carbocycles. The van der Waals surface area contributed by atoms with Gasteiger partial charge in [0.15, 0.2) is 0 Å². The zero-order valence-electron chi connectivity index (χ0n) is 8.01. The summed E-state index contributed by atoms with van der Waals surface area (Å²) >= 11 is 9.52. The van der Waals surface area contributed by atoms with Crippen molar-refractivity contribution in [2.75, 3.05) is 18.1 Å². The summed E-state index contributed by atoms with van der Waals surface area (Å²) in [5.41, 5.74) is 8.01. The number of hydrogen-bond donors (Lipinski definition) is 2. The lowest BCUT2D eigenvalue weighted by Gasteiger charge is -2.10. The van der Waals surface area contributed by atoms with Gasteiger partial charge < -0.3 is 11.1 Å². The van der Waals surface area contributed by atoms with Crippen molar-refractivity contribution in [3.05, 3.63) is 27.8 Å². The van der Waals surface area contributed by atoms with Crippen molar-refractivity contribution < 1.29 is 0 Å². The summed E-state index contributed by atoms with van der Waals surface area (Å²) in [4.78, 5) is 4.22. The molecule has 0 spiro atoms. The van der Waals surface area contributed by atoms with E-state index in [1.807, 2.05) is 13.1 Å². The largest absolute Gasteiger partial charge is 0.396 e. The second-order valence-corrected chi connectivity index (χ2v) is 4.35. The van der Waals surface area contributed by atoms with E-state index in [4.69, 9.17) is 17.3 Å². The highest BCUT2D eigenvalue weighted by Crippen LogP contribution is 2.36. The molecular weight excluding hydrogens is 277 g/mol. The van der Waals surface area contributed by atoms with E-state index < -0.39 is 0 Å². The molecule has 0 bridgehead atoms. The Balaban J connectivity index is 2.96. The minimum Gasteiger partial charge on any atom is -0.396 e. The number of halogens is 2. The highest BCUT2D eigenvalue weighted by molar-refractivity contribution is 9.10. The smallest absolute Gasteiger partial charge is 0.0921 e. The molecule has 3 nitrogen and oxygen atoms in total. The molecule has 3 N–H and O–H groups in total. The van der Waals surface area contributed by atoms with Crippen LogP contribution in [0, 0.1) is 0 Å². The molecule has 2 aromatic rings. The maximum Gasteiger partial charge on any atom is 0.0921 e. The fourth-order valence-corrected chi connectivity index (χ4v) is 2.24. The third kappa shape index (κ3) is 1.64. The number of nitrogens with zero attached hydrogens (tertiary/aromatic N) is 1. The number of hydrogen-bond acceptors (Lipinski definition) is 3. The minimum absolute atomic E-state index is 0.605. The number of nitrogen functional groups attached to an aromatic ring is 1. The summed E-state index contributed by atoms with van der Waals surface area (Å²) in [5, 5.41) is 4.58. The van der Waals surface area contributed by atoms with Crippen molar-refractivity contribution in [2.45, 2.75) is 0 Å². The van der Waals surface area contributed by atoms with Gasteiger partial charge in [0, 0.05) is 16.9 Å². The normalized spacial score (nSPS) is 10.6. The van der Waals surface area contributed by atoms with Crippen LogP contribution in [-0.2, 0) is 0 Å². The molecule has 78 valence electrons. The third-order valence-electron chi connectivity index (χ3n) is 2.20. The molecule has 0 aliphatic heterocycles. The Hall–Kier alpha value is -1.000.